The summed E-state index contributed by atoms with van der Waals surface area (Å²) in [6.45, 7) is 0.253. The van der Waals surface area contributed by atoms with E-state index >= 15 is 0 Å². The third-order valence-electron chi connectivity index (χ3n) is 7.24. The van der Waals surface area contributed by atoms with Crippen LogP contribution in [0.3, 0.4) is 0 Å². The molecule has 8 heteroatoms. The smallest absolute Gasteiger partial charge is 0.306 e. The molecule has 1 fully saturated rings. The molecule has 1 saturated heterocycles. The molecule has 200 valence electrons. The summed E-state index contributed by atoms with van der Waals surface area (Å²) < 4.78 is 5.17. The van der Waals surface area contributed by atoms with Crippen molar-refractivity contribution in [2.75, 3.05) is 18.0 Å². The number of benzene rings is 3. The van der Waals surface area contributed by atoms with Gasteiger partial charge in [0.15, 0.2) is 6.10 Å². The van der Waals surface area contributed by atoms with E-state index < -0.39 is 24.0 Å². The summed E-state index contributed by atoms with van der Waals surface area (Å²) in [6, 6.07) is 26.0. The Morgan fingerprint density at radius 2 is 1.59 bits per heavy atom. The Hall–Kier alpha value is -4.46. The van der Waals surface area contributed by atoms with Gasteiger partial charge in [-0.25, -0.2) is 0 Å². The lowest BCUT2D eigenvalue weighted by molar-refractivity contribution is -0.148. The highest BCUT2D eigenvalue weighted by atomic mass is 16.6. The lowest BCUT2D eigenvalue weighted by atomic mass is 9.86. The molecule has 0 bridgehead atoms. The van der Waals surface area contributed by atoms with E-state index in [1.54, 1.807) is 0 Å². The van der Waals surface area contributed by atoms with Crippen molar-refractivity contribution in [3.8, 4) is 0 Å². The topological polar surface area (TPSA) is 105 Å². The van der Waals surface area contributed by atoms with E-state index in [-0.39, 0.29) is 37.1 Å². The molecular formula is C31H31N3O5. The molecule has 3 aromatic carbocycles. The number of hydrogen-bond donors (Lipinski definition) is 2. The summed E-state index contributed by atoms with van der Waals surface area (Å²) in [5.74, 6) is -1.99. The fourth-order valence-electron chi connectivity index (χ4n) is 5.24. The average Bonchev–Trinajstić information content (AvgIpc) is 3.36. The van der Waals surface area contributed by atoms with Crippen molar-refractivity contribution in [1.29, 1.82) is 0 Å². The number of carbonyl (C=O) groups is 4. The number of carbonyl (C=O) groups excluding carboxylic acids is 4. The third-order valence-corrected chi connectivity index (χ3v) is 7.24. The lowest BCUT2D eigenvalue weighted by Gasteiger charge is -2.29. The molecule has 3 atom stereocenters. The number of rotatable bonds is 8. The standard InChI is InChI=1S/C31H31N3O5/c35-27(32-18-17-21-9-3-1-4-10-21)20-34-25-14-8-7-13-23(25)19-24(22-11-5-2-6-12-22)29(31(34)38)33-30(37)26-15-16-28(36)39-26/h1-14,24,26,29H,15-20H2,(H,32,35)(H,33,37)/t24-,26-,29+/m0/s1. The number of cyclic esters (lactones) is 1. The van der Waals surface area contributed by atoms with Gasteiger partial charge in [0.05, 0.1) is 0 Å². The van der Waals surface area contributed by atoms with Crippen molar-refractivity contribution in [3.05, 3.63) is 102 Å². The molecule has 2 aliphatic heterocycles. The molecule has 2 heterocycles. The highest BCUT2D eigenvalue weighted by molar-refractivity contribution is 6.05. The number of ether oxygens (including phenoxy) is 1. The monoisotopic (exact) mass is 525 g/mol. The number of hydrogen-bond acceptors (Lipinski definition) is 5. The van der Waals surface area contributed by atoms with Crippen molar-refractivity contribution in [3.63, 3.8) is 0 Å². The summed E-state index contributed by atoms with van der Waals surface area (Å²) in [4.78, 5) is 53.4. The first-order chi connectivity index (χ1) is 19.0. The van der Waals surface area contributed by atoms with E-state index in [2.05, 4.69) is 10.6 Å². The maximum atomic E-state index is 14.2. The summed E-state index contributed by atoms with van der Waals surface area (Å²) in [7, 11) is 0. The molecule has 0 aromatic heterocycles. The van der Waals surface area contributed by atoms with Crippen LogP contribution >= 0.6 is 0 Å². The quantitative estimate of drug-likeness (QED) is 0.440. The van der Waals surface area contributed by atoms with Crippen LogP contribution in [0.4, 0.5) is 5.69 Å². The Balaban J connectivity index is 1.40. The first-order valence-corrected chi connectivity index (χ1v) is 13.2. The van der Waals surface area contributed by atoms with Gasteiger partial charge in [-0.2, -0.15) is 0 Å². The first kappa shape index (κ1) is 26.2. The van der Waals surface area contributed by atoms with Crippen LogP contribution in [0.2, 0.25) is 0 Å². The second-order valence-electron chi connectivity index (χ2n) is 9.86. The van der Waals surface area contributed by atoms with Crippen LogP contribution in [0, 0.1) is 0 Å². The largest absolute Gasteiger partial charge is 0.452 e. The highest BCUT2D eigenvalue weighted by Crippen LogP contribution is 2.35. The van der Waals surface area contributed by atoms with E-state index in [1.165, 1.54) is 4.90 Å². The molecule has 2 aliphatic rings. The van der Waals surface area contributed by atoms with Gasteiger partial charge in [-0.1, -0.05) is 78.9 Å². The van der Waals surface area contributed by atoms with Gasteiger partial charge in [0.25, 0.3) is 11.8 Å². The van der Waals surface area contributed by atoms with Crippen molar-refractivity contribution >= 4 is 29.4 Å². The molecular weight excluding hydrogens is 494 g/mol. The summed E-state index contributed by atoms with van der Waals surface area (Å²) in [5.41, 5.74) is 3.55. The van der Waals surface area contributed by atoms with Crippen LogP contribution in [0.25, 0.3) is 0 Å². The number of esters is 1. The average molecular weight is 526 g/mol. The summed E-state index contributed by atoms with van der Waals surface area (Å²) in [5, 5.41) is 5.80. The van der Waals surface area contributed by atoms with Gasteiger partial charge in [-0.15, -0.1) is 0 Å². The van der Waals surface area contributed by atoms with Gasteiger partial charge in [0.1, 0.15) is 12.6 Å². The zero-order valence-electron chi connectivity index (χ0n) is 21.5. The maximum absolute atomic E-state index is 14.2. The SMILES string of the molecule is O=C(CN1C(=O)[C@H](NC(=O)[C@@H]2CCC(=O)O2)[C@H](c2ccccc2)Cc2ccccc21)NCCc1ccccc1. The van der Waals surface area contributed by atoms with Crippen molar-refractivity contribution in [2.45, 2.75) is 43.7 Å². The van der Waals surface area contributed by atoms with E-state index in [0.717, 1.165) is 16.7 Å². The Morgan fingerprint density at radius 1 is 0.897 bits per heavy atom. The highest BCUT2D eigenvalue weighted by Gasteiger charge is 2.41. The third kappa shape index (κ3) is 6.17. The number of nitrogens with one attached hydrogen (secondary N) is 2. The molecule has 39 heavy (non-hydrogen) atoms. The minimum Gasteiger partial charge on any atom is -0.452 e. The molecule has 2 N–H and O–H groups in total. The Morgan fingerprint density at radius 3 is 2.31 bits per heavy atom. The Bertz CT molecular complexity index is 1340. The molecule has 0 radical (unpaired) electrons. The van der Waals surface area contributed by atoms with E-state index in [9.17, 15) is 19.2 Å². The molecule has 8 nitrogen and oxygen atoms in total. The van der Waals surface area contributed by atoms with Crippen LogP contribution in [-0.2, 0) is 36.8 Å². The maximum Gasteiger partial charge on any atom is 0.306 e. The Labute approximate surface area is 227 Å². The summed E-state index contributed by atoms with van der Waals surface area (Å²) in [6.07, 6.45) is 0.663. The Kier molecular flexibility index (Phi) is 8.01. The minimum atomic E-state index is -0.955. The van der Waals surface area contributed by atoms with Crippen LogP contribution in [-0.4, -0.2) is 48.9 Å². The van der Waals surface area contributed by atoms with Gasteiger partial charge in [0.2, 0.25) is 5.91 Å². The number of amides is 3. The molecule has 3 amide bonds. The summed E-state index contributed by atoms with van der Waals surface area (Å²) >= 11 is 0. The van der Waals surface area contributed by atoms with Gasteiger partial charge in [-0.05, 0) is 35.6 Å². The zero-order valence-corrected chi connectivity index (χ0v) is 21.5. The molecule has 0 unspecified atom stereocenters. The molecule has 0 aliphatic carbocycles. The molecule has 0 saturated carbocycles. The van der Waals surface area contributed by atoms with Crippen LogP contribution < -0.4 is 15.5 Å². The second-order valence-corrected chi connectivity index (χ2v) is 9.86. The number of para-hydroxylation sites is 1. The van der Waals surface area contributed by atoms with Crippen LogP contribution in [0.1, 0.15) is 35.4 Å². The first-order valence-electron chi connectivity index (χ1n) is 13.2. The predicted octanol–water partition coefficient (Wildman–Crippen LogP) is 2.91. The van der Waals surface area contributed by atoms with Crippen molar-refractivity contribution in [2.24, 2.45) is 0 Å². The molecule has 5 rings (SSSR count). The minimum absolute atomic E-state index is 0.166. The lowest BCUT2D eigenvalue weighted by Crippen LogP contribution is -2.54. The number of nitrogens with zero attached hydrogens (tertiary/aromatic N) is 1. The number of fused-ring (bicyclic) bond motifs is 1. The molecule has 0 spiro atoms. The number of anilines is 1. The van der Waals surface area contributed by atoms with E-state index in [1.807, 2.05) is 84.9 Å². The van der Waals surface area contributed by atoms with E-state index in [0.29, 0.717) is 25.1 Å². The van der Waals surface area contributed by atoms with E-state index in [4.69, 9.17) is 4.74 Å². The van der Waals surface area contributed by atoms with Gasteiger partial charge in [0, 0.05) is 31.0 Å². The van der Waals surface area contributed by atoms with Gasteiger partial charge < -0.3 is 20.3 Å². The normalized spacial score (nSPS) is 20.5. The fourth-order valence-corrected chi connectivity index (χ4v) is 5.24. The van der Waals surface area contributed by atoms with Crippen molar-refractivity contribution < 1.29 is 23.9 Å². The predicted molar refractivity (Wildman–Crippen MR) is 146 cm³/mol. The van der Waals surface area contributed by atoms with Crippen LogP contribution in [0.15, 0.2) is 84.9 Å². The van der Waals surface area contributed by atoms with Crippen molar-refractivity contribution in [1.82, 2.24) is 10.6 Å². The van der Waals surface area contributed by atoms with Gasteiger partial charge >= 0.3 is 5.97 Å². The zero-order chi connectivity index (χ0) is 27.2. The fraction of sp³-hybridized carbons (Fsp3) is 0.290. The van der Waals surface area contributed by atoms with Crippen LogP contribution in [0.5, 0.6) is 0 Å². The second kappa shape index (κ2) is 11.9. The molecule has 3 aromatic rings. The van der Waals surface area contributed by atoms with Gasteiger partial charge in [-0.3, -0.25) is 19.2 Å².